The Morgan fingerprint density at radius 2 is 0.766 bits per heavy atom. The number of fused-ring (bicyclic) bond motifs is 2. The number of hydrogen-bond donors (Lipinski definition) is 3. The van der Waals surface area contributed by atoms with Crippen LogP contribution in [0, 0.1) is 0 Å². The SMILES string of the molecule is CC[C@H]1O[C@@H](n2cnc3c(NC(c4ccccc4)(c4ccccc4)c4ccccc4)ncnc32)C(OCc2ccc(OC)cc2)[C@@H]1F.CC[C@H]1O[C@@H](n2cnc3c(NC(c4ccccc4)(c4ccccc4)c4ccccc4)ncnc32)C(OCc2ccc(OC)cc2)[C@H]1O. The molecule has 18 heteroatoms. The molecule has 94 heavy (non-hydrogen) atoms. The van der Waals surface area contributed by atoms with Gasteiger partial charge < -0.3 is 44.2 Å². The van der Waals surface area contributed by atoms with Crippen molar-refractivity contribution in [2.75, 3.05) is 24.9 Å². The van der Waals surface area contributed by atoms with Crippen LogP contribution in [0.15, 0.2) is 256 Å². The van der Waals surface area contributed by atoms with Crippen molar-refractivity contribution < 1.29 is 37.9 Å². The lowest BCUT2D eigenvalue weighted by molar-refractivity contribution is -0.0736. The quantitative estimate of drug-likeness (QED) is 0.0544. The number of rotatable bonds is 22. The third-order valence-corrected chi connectivity index (χ3v) is 17.7. The maximum Gasteiger partial charge on any atom is 0.167 e. The number of methoxy groups -OCH3 is 2. The number of ether oxygens (including phenoxy) is 6. The molecule has 6 heterocycles. The van der Waals surface area contributed by atoms with Crippen molar-refractivity contribution in [1.82, 2.24) is 39.0 Å². The third-order valence-electron chi connectivity index (χ3n) is 17.7. The monoisotopic (exact) mass is 1260 g/mol. The fraction of sp³-hybridized carbons (Fsp3) is 0.237. The topological polar surface area (TPSA) is 187 Å². The molecule has 0 amide bonds. The molecule has 14 rings (SSSR count). The van der Waals surface area contributed by atoms with Crippen molar-refractivity contribution in [3.63, 3.8) is 0 Å². The summed E-state index contributed by atoms with van der Waals surface area (Å²) in [6.07, 6.45) is 1.36. The molecule has 2 saturated heterocycles. The van der Waals surface area contributed by atoms with Gasteiger partial charge in [-0.1, -0.05) is 220 Å². The van der Waals surface area contributed by atoms with Gasteiger partial charge >= 0.3 is 0 Å². The zero-order valence-electron chi connectivity index (χ0n) is 52.5. The first-order valence-electron chi connectivity index (χ1n) is 31.6. The normalized spacial score (nSPS) is 19.6. The Hall–Kier alpha value is -10.2. The lowest BCUT2D eigenvalue weighted by Gasteiger charge is -2.37. The highest BCUT2D eigenvalue weighted by molar-refractivity contribution is 5.85. The summed E-state index contributed by atoms with van der Waals surface area (Å²) in [6, 6.07) is 77.1. The average Bonchev–Trinajstić information content (AvgIpc) is 1.09. The molecule has 476 valence electrons. The summed E-state index contributed by atoms with van der Waals surface area (Å²) < 4.78 is 55.3. The molecule has 2 aliphatic heterocycles. The molecule has 2 aliphatic rings. The molecule has 4 aromatic heterocycles. The van der Waals surface area contributed by atoms with Crippen molar-refractivity contribution in [2.45, 2.75) is 100 Å². The molecule has 0 radical (unpaired) electrons. The second-order valence-electron chi connectivity index (χ2n) is 23.2. The van der Waals surface area contributed by atoms with Gasteiger partial charge in [-0.15, -0.1) is 0 Å². The summed E-state index contributed by atoms with van der Waals surface area (Å²) in [5, 5.41) is 18.9. The molecule has 17 nitrogen and oxygen atoms in total. The van der Waals surface area contributed by atoms with Crippen LogP contribution < -0.4 is 20.1 Å². The summed E-state index contributed by atoms with van der Waals surface area (Å²) in [7, 11) is 3.26. The van der Waals surface area contributed by atoms with Crippen molar-refractivity contribution in [3.05, 3.63) is 300 Å². The largest absolute Gasteiger partial charge is 0.497 e. The second kappa shape index (κ2) is 28.3. The Morgan fingerprint density at radius 3 is 1.11 bits per heavy atom. The van der Waals surface area contributed by atoms with Crippen LogP contribution in [0.2, 0.25) is 0 Å². The second-order valence-corrected chi connectivity index (χ2v) is 23.2. The van der Waals surface area contributed by atoms with E-state index in [0.717, 1.165) is 56.0 Å². The van der Waals surface area contributed by atoms with Crippen molar-refractivity contribution in [2.24, 2.45) is 0 Å². The zero-order chi connectivity index (χ0) is 64.4. The van der Waals surface area contributed by atoms with Crippen LogP contribution in [0.25, 0.3) is 22.3 Å². The van der Waals surface area contributed by atoms with Crippen molar-refractivity contribution in [3.8, 4) is 11.5 Å². The summed E-state index contributed by atoms with van der Waals surface area (Å²) in [5.41, 5.74) is 8.65. The molecule has 12 aromatic rings. The number of nitrogens with one attached hydrogen (secondary N) is 2. The van der Waals surface area contributed by atoms with E-state index in [1.807, 2.05) is 176 Å². The minimum Gasteiger partial charge on any atom is -0.497 e. The predicted molar refractivity (Wildman–Crippen MR) is 359 cm³/mol. The fourth-order valence-corrected chi connectivity index (χ4v) is 12.9. The smallest absolute Gasteiger partial charge is 0.167 e. The van der Waals surface area contributed by atoms with E-state index in [1.54, 1.807) is 31.4 Å². The number of aromatic nitrogens is 8. The Labute approximate surface area is 545 Å². The van der Waals surface area contributed by atoms with E-state index in [1.165, 1.54) is 12.7 Å². The molecule has 2 fully saturated rings. The van der Waals surface area contributed by atoms with Gasteiger partial charge in [-0.3, -0.25) is 9.13 Å². The maximum atomic E-state index is 15.8. The van der Waals surface area contributed by atoms with Gasteiger partial charge in [0.25, 0.3) is 0 Å². The molecule has 0 spiro atoms. The number of aliphatic hydroxyl groups is 1. The molecule has 8 aromatic carbocycles. The summed E-state index contributed by atoms with van der Waals surface area (Å²) in [4.78, 5) is 28.3. The van der Waals surface area contributed by atoms with Crippen LogP contribution in [0.4, 0.5) is 16.0 Å². The Balaban J connectivity index is 0.000000171. The van der Waals surface area contributed by atoms with E-state index >= 15 is 4.39 Å². The molecule has 2 unspecified atom stereocenters. The number of halogens is 1. The van der Waals surface area contributed by atoms with E-state index in [-0.39, 0.29) is 6.61 Å². The molecular weight excluding hydrogens is 1180 g/mol. The van der Waals surface area contributed by atoms with Crippen LogP contribution in [0.1, 0.15) is 83.7 Å². The van der Waals surface area contributed by atoms with Crippen LogP contribution in [0.3, 0.4) is 0 Å². The maximum absolute atomic E-state index is 15.8. The first kappa shape index (κ1) is 62.6. The van der Waals surface area contributed by atoms with Crippen molar-refractivity contribution in [1.29, 1.82) is 0 Å². The lowest BCUT2D eigenvalue weighted by atomic mass is 9.77. The Bertz CT molecular complexity index is 3900. The molecular formula is C76H73FN10O7. The lowest BCUT2D eigenvalue weighted by Crippen LogP contribution is -2.38. The number of imidazole rings is 2. The number of benzene rings is 8. The number of alkyl halides is 1. The number of anilines is 2. The van der Waals surface area contributed by atoms with Crippen LogP contribution in [-0.2, 0) is 43.2 Å². The van der Waals surface area contributed by atoms with Gasteiger partial charge in [0.15, 0.2) is 52.6 Å². The first-order chi connectivity index (χ1) is 46.2. The summed E-state index contributed by atoms with van der Waals surface area (Å²) in [6.45, 7) is 4.41. The minimum atomic E-state index is -1.33. The number of hydrogen-bond acceptors (Lipinski definition) is 15. The molecule has 8 atom stereocenters. The van der Waals surface area contributed by atoms with E-state index in [4.69, 9.17) is 48.4 Å². The Morgan fingerprint density at radius 1 is 0.436 bits per heavy atom. The van der Waals surface area contributed by atoms with Gasteiger partial charge in [-0.25, -0.2) is 34.3 Å². The summed E-state index contributed by atoms with van der Waals surface area (Å²) >= 11 is 0. The standard InChI is InChI=1S/C38H36FN5O3.C38H37N5O4/c1-3-31-32(39)34(46-23-26-19-21-30(45-2)22-20-26)37(47-31)44-25-42-33-35(40-24-41-36(33)44)43-38(27-13-7-4-8-14-27,28-15-9-5-10-16-28)29-17-11-6-12-18-29;1-3-31-33(44)34(46-23-26-19-21-30(45-2)22-20-26)37(47-31)43-25-41-32-35(39-24-40-36(32)43)42-38(27-13-7-4-8-14-27,28-15-9-5-10-16-28)29-17-11-6-12-18-29/h4-22,24-25,31-32,34,37H,3,23H2,1-2H3,(H,40,41,43);4-22,24-25,31,33-34,37,44H,3,23H2,1-2H3,(H,39,40,42)/t31-,32-,34?,37-;31-,33+,34?,37-/m11/s1. The highest BCUT2D eigenvalue weighted by Crippen LogP contribution is 2.45. The molecule has 0 aliphatic carbocycles. The molecule has 0 bridgehead atoms. The summed E-state index contributed by atoms with van der Waals surface area (Å²) in [5.74, 6) is 2.61. The predicted octanol–water partition coefficient (Wildman–Crippen LogP) is 14.0. The third kappa shape index (κ3) is 12.4. The van der Waals surface area contributed by atoms with E-state index in [0.29, 0.717) is 53.4 Å². The minimum absolute atomic E-state index is 0.216. The van der Waals surface area contributed by atoms with Crippen LogP contribution >= 0.6 is 0 Å². The average molecular weight is 1260 g/mol. The molecule has 0 saturated carbocycles. The Kier molecular flexibility index (Phi) is 18.9. The van der Waals surface area contributed by atoms with Crippen molar-refractivity contribution >= 4 is 34.0 Å². The fourth-order valence-electron chi connectivity index (χ4n) is 12.9. The van der Waals surface area contributed by atoms with Gasteiger partial charge in [-0.05, 0) is 81.6 Å². The van der Waals surface area contributed by atoms with Gasteiger partial charge in [0.1, 0.15) is 53.5 Å². The van der Waals surface area contributed by atoms with E-state index in [9.17, 15) is 5.11 Å². The number of aliphatic hydroxyl groups excluding tert-OH is 1. The van der Waals surface area contributed by atoms with Gasteiger partial charge in [0.2, 0.25) is 0 Å². The highest BCUT2D eigenvalue weighted by atomic mass is 19.1. The van der Waals surface area contributed by atoms with Gasteiger partial charge in [0.05, 0.1) is 52.3 Å². The molecule has 3 N–H and O–H groups in total. The van der Waals surface area contributed by atoms with Gasteiger partial charge in [-0.2, -0.15) is 0 Å². The van der Waals surface area contributed by atoms with E-state index in [2.05, 4.69) is 93.4 Å². The van der Waals surface area contributed by atoms with Gasteiger partial charge in [0, 0.05) is 0 Å². The first-order valence-corrected chi connectivity index (χ1v) is 31.6. The van der Waals surface area contributed by atoms with Crippen LogP contribution in [-0.4, -0.2) is 95.1 Å². The van der Waals surface area contributed by atoms with Crippen LogP contribution in [0.5, 0.6) is 11.5 Å². The van der Waals surface area contributed by atoms with E-state index < -0.39 is 60.2 Å². The zero-order valence-corrected chi connectivity index (χ0v) is 52.5. The number of nitrogens with zero attached hydrogens (tertiary/aromatic N) is 8. The highest BCUT2D eigenvalue weighted by Gasteiger charge is 2.48.